The Balaban J connectivity index is 1.73. The zero-order chi connectivity index (χ0) is 17.1. The zero-order valence-electron chi connectivity index (χ0n) is 13.9. The molecule has 1 aliphatic carbocycles. The summed E-state index contributed by atoms with van der Waals surface area (Å²) in [5.41, 5.74) is -0.310. The van der Waals surface area contributed by atoms with E-state index in [1.54, 1.807) is 24.3 Å². The Hall–Kier alpha value is -2.37. The number of carbonyl (C=O) groups is 1. The lowest BCUT2D eigenvalue weighted by Crippen LogP contribution is -2.41. The van der Waals surface area contributed by atoms with Crippen molar-refractivity contribution < 1.29 is 4.79 Å². The SMILES string of the molecule is C[C@H]1CCCC[C@H]1NC(=O)CCn1c(=O)[nH]c(=O)c2ccccc21. The van der Waals surface area contributed by atoms with Crippen LogP contribution in [0.2, 0.25) is 0 Å². The van der Waals surface area contributed by atoms with Crippen molar-refractivity contribution in [1.29, 1.82) is 0 Å². The van der Waals surface area contributed by atoms with Gasteiger partial charge in [-0.3, -0.25) is 19.1 Å². The lowest BCUT2D eigenvalue weighted by molar-refractivity contribution is -0.122. The lowest BCUT2D eigenvalue weighted by Gasteiger charge is -2.29. The van der Waals surface area contributed by atoms with Crippen LogP contribution in [0.4, 0.5) is 0 Å². The van der Waals surface area contributed by atoms with Crippen LogP contribution in [0, 0.1) is 5.92 Å². The number of aromatic nitrogens is 2. The maximum Gasteiger partial charge on any atom is 0.328 e. The fraction of sp³-hybridized carbons (Fsp3) is 0.500. The van der Waals surface area contributed by atoms with E-state index in [1.165, 1.54) is 11.0 Å². The first-order valence-corrected chi connectivity index (χ1v) is 8.57. The van der Waals surface area contributed by atoms with Gasteiger partial charge in [-0.2, -0.15) is 0 Å². The Bertz CT molecular complexity index is 852. The molecule has 128 valence electrons. The molecule has 6 nitrogen and oxygen atoms in total. The average Bonchev–Trinajstić information content (AvgIpc) is 2.57. The molecule has 24 heavy (non-hydrogen) atoms. The van der Waals surface area contributed by atoms with Crippen LogP contribution in [-0.2, 0) is 11.3 Å². The van der Waals surface area contributed by atoms with Gasteiger partial charge in [0, 0.05) is 19.0 Å². The van der Waals surface area contributed by atoms with Crippen LogP contribution < -0.4 is 16.6 Å². The second-order valence-corrected chi connectivity index (χ2v) is 6.61. The molecule has 0 bridgehead atoms. The first-order valence-electron chi connectivity index (χ1n) is 8.57. The molecule has 1 aromatic heterocycles. The Kier molecular flexibility index (Phi) is 4.83. The van der Waals surface area contributed by atoms with Crippen molar-refractivity contribution in [3.63, 3.8) is 0 Å². The van der Waals surface area contributed by atoms with Gasteiger partial charge in [-0.1, -0.05) is 31.9 Å². The monoisotopic (exact) mass is 329 g/mol. The molecule has 1 heterocycles. The summed E-state index contributed by atoms with van der Waals surface area (Å²) in [5.74, 6) is 0.454. The van der Waals surface area contributed by atoms with Gasteiger partial charge in [-0.25, -0.2) is 4.79 Å². The molecular weight excluding hydrogens is 306 g/mol. The van der Waals surface area contributed by atoms with Crippen molar-refractivity contribution in [3.05, 3.63) is 45.1 Å². The predicted molar refractivity (Wildman–Crippen MR) is 93.0 cm³/mol. The predicted octanol–water partition coefficient (Wildman–Crippen LogP) is 1.77. The number of carbonyl (C=O) groups excluding carboxylic acids is 1. The second-order valence-electron chi connectivity index (χ2n) is 6.61. The topological polar surface area (TPSA) is 84.0 Å². The van der Waals surface area contributed by atoms with Crippen LogP contribution in [-0.4, -0.2) is 21.5 Å². The lowest BCUT2D eigenvalue weighted by atomic mass is 9.86. The molecule has 1 aromatic carbocycles. The van der Waals surface area contributed by atoms with Gasteiger partial charge in [0.15, 0.2) is 0 Å². The fourth-order valence-electron chi connectivity index (χ4n) is 3.49. The molecule has 0 saturated heterocycles. The minimum absolute atomic E-state index is 0.0454. The van der Waals surface area contributed by atoms with Crippen molar-refractivity contribution in [3.8, 4) is 0 Å². The molecule has 2 N–H and O–H groups in total. The number of nitrogens with zero attached hydrogens (tertiary/aromatic N) is 1. The standard InChI is InChI=1S/C18H23N3O3/c1-12-6-2-4-8-14(12)19-16(22)10-11-21-15-9-5-3-7-13(15)17(23)20-18(21)24/h3,5,7,9,12,14H,2,4,6,8,10-11H2,1H3,(H,19,22)(H,20,23,24)/t12-,14+/m0/s1. The highest BCUT2D eigenvalue weighted by Gasteiger charge is 2.22. The Morgan fingerprint density at radius 1 is 1.25 bits per heavy atom. The molecule has 6 heteroatoms. The van der Waals surface area contributed by atoms with Gasteiger partial charge >= 0.3 is 5.69 Å². The summed E-state index contributed by atoms with van der Waals surface area (Å²) < 4.78 is 1.46. The summed E-state index contributed by atoms with van der Waals surface area (Å²) >= 11 is 0. The number of hydrogen-bond acceptors (Lipinski definition) is 3. The quantitative estimate of drug-likeness (QED) is 0.897. The summed E-state index contributed by atoms with van der Waals surface area (Å²) in [6.07, 6.45) is 4.77. The van der Waals surface area contributed by atoms with Gasteiger partial charge in [-0.15, -0.1) is 0 Å². The number of fused-ring (bicyclic) bond motifs is 1. The van der Waals surface area contributed by atoms with E-state index in [1.807, 2.05) is 0 Å². The molecule has 0 unspecified atom stereocenters. The first kappa shape index (κ1) is 16.5. The second kappa shape index (κ2) is 7.03. The molecule has 2 aromatic rings. The summed E-state index contributed by atoms with van der Waals surface area (Å²) in [7, 11) is 0. The molecule has 3 rings (SSSR count). The highest BCUT2D eigenvalue weighted by Crippen LogP contribution is 2.23. The van der Waals surface area contributed by atoms with Crippen molar-refractivity contribution in [1.82, 2.24) is 14.9 Å². The minimum Gasteiger partial charge on any atom is -0.353 e. The third kappa shape index (κ3) is 3.42. The van der Waals surface area contributed by atoms with Crippen LogP contribution >= 0.6 is 0 Å². The Labute approximate surface area is 139 Å². The van der Waals surface area contributed by atoms with Crippen molar-refractivity contribution >= 4 is 16.8 Å². The van der Waals surface area contributed by atoms with E-state index in [-0.39, 0.29) is 24.9 Å². The summed E-state index contributed by atoms with van der Waals surface area (Å²) in [6.45, 7) is 2.42. The van der Waals surface area contributed by atoms with Crippen LogP contribution in [0.5, 0.6) is 0 Å². The highest BCUT2D eigenvalue weighted by atomic mass is 16.2. The number of hydrogen-bond donors (Lipinski definition) is 2. The van der Waals surface area contributed by atoms with Crippen molar-refractivity contribution in [2.45, 2.75) is 51.6 Å². The minimum atomic E-state index is -0.475. The number of nitrogens with one attached hydrogen (secondary N) is 2. The molecular formula is C18H23N3O3. The van der Waals surface area contributed by atoms with Crippen LogP contribution in [0.3, 0.4) is 0 Å². The number of aryl methyl sites for hydroxylation is 1. The smallest absolute Gasteiger partial charge is 0.328 e. The summed E-state index contributed by atoms with van der Waals surface area (Å²) in [4.78, 5) is 38.5. The molecule has 1 amide bonds. The van der Waals surface area contributed by atoms with Crippen LogP contribution in [0.25, 0.3) is 10.9 Å². The third-order valence-electron chi connectivity index (χ3n) is 4.93. The third-order valence-corrected chi connectivity index (χ3v) is 4.93. The number of rotatable bonds is 4. The molecule has 1 saturated carbocycles. The van der Waals surface area contributed by atoms with E-state index in [0.717, 1.165) is 19.3 Å². The molecule has 0 aliphatic heterocycles. The van der Waals surface area contributed by atoms with E-state index in [9.17, 15) is 14.4 Å². The van der Waals surface area contributed by atoms with E-state index < -0.39 is 11.2 Å². The van der Waals surface area contributed by atoms with Crippen molar-refractivity contribution in [2.24, 2.45) is 5.92 Å². The van der Waals surface area contributed by atoms with Crippen molar-refractivity contribution in [2.75, 3.05) is 0 Å². The average molecular weight is 329 g/mol. The molecule has 0 radical (unpaired) electrons. The number of benzene rings is 1. The fourth-order valence-corrected chi connectivity index (χ4v) is 3.49. The number of H-pyrrole nitrogens is 1. The zero-order valence-corrected chi connectivity index (χ0v) is 13.9. The summed E-state index contributed by atoms with van der Waals surface area (Å²) in [5, 5.41) is 3.55. The maximum atomic E-state index is 12.2. The number of para-hydroxylation sites is 1. The van der Waals surface area contributed by atoms with Gasteiger partial charge in [0.1, 0.15) is 0 Å². The number of amides is 1. The van der Waals surface area contributed by atoms with Gasteiger partial charge < -0.3 is 5.32 Å². The van der Waals surface area contributed by atoms with Gasteiger partial charge in [0.25, 0.3) is 5.56 Å². The Morgan fingerprint density at radius 3 is 2.79 bits per heavy atom. The van der Waals surface area contributed by atoms with Crippen LogP contribution in [0.1, 0.15) is 39.0 Å². The first-order chi connectivity index (χ1) is 11.6. The molecule has 0 spiro atoms. The van der Waals surface area contributed by atoms with E-state index in [4.69, 9.17) is 0 Å². The normalized spacial score (nSPS) is 20.9. The van der Waals surface area contributed by atoms with E-state index >= 15 is 0 Å². The molecule has 2 atom stereocenters. The highest BCUT2D eigenvalue weighted by molar-refractivity contribution is 5.79. The van der Waals surface area contributed by atoms with Crippen LogP contribution in [0.15, 0.2) is 33.9 Å². The van der Waals surface area contributed by atoms with Gasteiger partial charge in [0.05, 0.1) is 10.9 Å². The summed E-state index contributed by atoms with van der Waals surface area (Å²) in [6, 6.07) is 7.17. The Morgan fingerprint density at radius 2 is 2.00 bits per heavy atom. The van der Waals surface area contributed by atoms with Gasteiger partial charge in [0.2, 0.25) is 5.91 Å². The van der Waals surface area contributed by atoms with E-state index in [2.05, 4.69) is 17.2 Å². The van der Waals surface area contributed by atoms with E-state index in [0.29, 0.717) is 16.8 Å². The van der Waals surface area contributed by atoms with Gasteiger partial charge in [-0.05, 0) is 30.9 Å². The maximum absolute atomic E-state index is 12.2. The molecule has 1 fully saturated rings. The largest absolute Gasteiger partial charge is 0.353 e. The molecule has 1 aliphatic rings. The number of aromatic amines is 1.